The maximum absolute atomic E-state index is 12.0. The van der Waals surface area contributed by atoms with Crippen LogP contribution < -0.4 is 19.5 Å². The molecule has 0 aliphatic carbocycles. The van der Waals surface area contributed by atoms with Crippen molar-refractivity contribution in [3.8, 4) is 17.2 Å². The topological polar surface area (TPSA) is 56.8 Å². The second-order valence-electron chi connectivity index (χ2n) is 4.95. The maximum atomic E-state index is 12.0. The predicted octanol–water partition coefficient (Wildman–Crippen LogP) is 4.11. The first-order chi connectivity index (χ1) is 12.1. The first-order valence-electron chi connectivity index (χ1n) is 7.61. The number of ether oxygens (including phenoxy) is 3. The summed E-state index contributed by atoms with van der Waals surface area (Å²) in [6, 6.07) is 12.6. The van der Waals surface area contributed by atoms with Crippen molar-refractivity contribution in [2.24, 2.45) is 0 Å². The molecule has 0 aliphatic heterocycles. The summed E-state index contributed by atoms with van der Waals surface area (Å²) in [7, 11) is 3.12. The van der Waals surface area contributed by atoms with E-state index in [0.29, 0.717) is 46.1 Å². The van der Waals surface area contributed by atoms with Crippen LogP contribution in [0.5, 0.6) is 17.2 Å². The van der Waals surface area contributed by atoms with E-state index in [1.54, 1.807) is 38.5 Å². The molecular weight excluding hydrogens is 362 g/mol. The number of nitrogens with one attached hydrogen (secondary N) is 1. The Morgan fingerprint density at radius 1 is 1.08 bits per heavy atom. The summed E-state index contributed by atoms with van der Waals surface area (Å²) < 4.78 is 16.0. The van der Waals surface area contributed by atoms with Gasteiger partial charge in [-0.3, -0.25) is 4.79 Å². The van der Waals surface area contributed by atoms with Crippen molar-refractivity contribution in [2.75, 3.05) is 37.6 Å². The van der Waals surface area contributed by atoms with Crippen LogP contribution in [0.15, 0.2) is 42.5 Å². The number of carbonyl (C=O) groups is 1. The highest BCUT2D eigenvalue weighted by Gasteiger charge is 2.08. The molecule has 0 aliphatic rings. The molecule has 2 aromatic carbocycles. The van der Waals surface area contributed by atoms with E-state index in [1.807, 2.05) is 18.2 Å². The van der Waals surface area contributed by atoms with Crippen LogP contribution in [-0.4, -0.2) is 38.2 Å². The average molecular weight is 382 g/mol. The van der Waals surface area contributed by atoms with Gasteiger partial charge in [-0.15, -0.1) is 11.8 Å². The van der Waals surface area contributed by atoms with Crippen LogP contribution in [0.1, 0.15) is 0 Å². The standard InChI is InChI=1S/C18H20ClNO4S/c1-22-16-8-7-13(11-17(16)23-2)20-18(21)12-25-10-9-24-15-6-4-3-5-14(15)19/h3-8,11H,9-10,12H2,1-2H3,(H,20,21). The minimum atomic E-state index is -0.0880. The lowest BCUT2D eigenvalue weighted by atomic mass is 10.2. The van der Waals surface area contributed by atoms with Crippen LogP contribution in [0, 0.1) is 0 Å². The van der Waals surface area contributed by atoms with Crippen LogP contribution in [-0.2, 0) is 4.79 Å². The van der Waals surface area contributed by atoms with Gasteiger partial charge in [0.2, 0.25) is 5.91 Å². The summed E-state index contributed by atoms with van der Waals surface area (Å²) in [5.74, 6) is 2.77. The van der Waals surface area contributed by atoms with E-state index in [9.17, 15) is 4.79 Å². The van der Waals surface area contributed by atoms with Gasteiger partial charge in [0.05, 0.1) is 31.6 Å². The zero-order valence-electron chi connectivity index (χ0n) is 14.1. The Hall–Kier alpha value is -2.05. The third kappa shape index (κ3) is 6.07. The van der Waals surface area contributed by atoms with Gasteiger partial charge in [0.1, 0.15) is 5.75 Å². The van der Waals surface area contributed by atoms with E-state index in [1.165, 1.54) is 11.8 Å². The molecule has 1 amide bonds. The number of halogens is 1. The minimum absolute atomic E-state index is 0.0880. The quantitative estimate of drug-likeness (QED) is 0.662. The smallest absolute Gasteiger partial charge is 0.234 e. The normalized spacial score (nSPS) is 10.2. The van der Waals surface area contributed by atoms with Crippen molar-refractivity contribution in [2.45, 2.75) is 0 Å². The summed E-state index contributed by atoms with van der Waals surface area (Å²) in [4.78, 5) is 12.0. The molecule has 0 saturated heterocycles. The molecule has 0 saturated carbocycles. The van der Waals surface area contributed by atoms with E-state index >= 15 is 0 Å². The van der Waals surface area contributed by atoms with Crippen molar-refractivity contribution in [3.63, 3.8) is 0 Å². The maximum Gasteiger partial charge on any atom is 0.234 e. The second kappa shape index (κ2) is 10.1. The van der Waals surface area contributed by atoms with Gasteiger partial charge >= 0.3 is 0 Å². The summed E-state index contributed by atoms with van der Waals surface area (Å²) >= 11 is 7.50. The van der Waals surface area contributed by atoms with Gasteiger partial charge < -0.3 is 19.5 Å². The molecule has 5 nitrogen and oxygen atoms in total. The van der Waals surface area contributed by atoms with Crippen LogP contribution in [0.2, 0.25) is 5.02 Å². The molecule has 0 fully saturated rings. The molecule has 1 N–H and O–H groups in total. The molecule has 2 rings (SSSR count). The molecular formula is C18H20ClNO4S. The second-order valence-corrected chi connectivity index (χ2v) is 6.46. The van der Waals surface area contributed by atoms with Gasteiger partial charge in [-0.25, -0.2) is 0 Å². The number of anilines is 1. The minimum Gasteiger partial charge on any atom is -0.493 e. The lowest BCUT2D eigenvalue weighted by Crippen LogP contribution is -2.15. The highest BCUT2D eigenvalue weighted by Crippen LogP contribution is 2.29. The Kier molecular flexibility index (Phi) is 7.76. The number of methoxy groups -OCH3 is 2. The van der Waals surface area contributed by atoms with Gasteiger partial charge in [0.25, 0.3) is 0 Å². The van der Waals surface area contributed by atoms with Crippen molar-refractivity contribution < 1.29 is 19.0 Å². The van der Waals surface area contributed by atoms with Gasteiger partial charge in [0.15, 0.2) is 11.5 Å². The summed E-state index contributed by atoms with van der Waals surface area (Å²) in [5.41, 5.74) is 0.663. The summed E-state index contributed by atoms with van der Waals surface area (Å²) in [6.45, 7) is 0.484. The van der Waals surface area contributed by atoms with Crippen LogP contribution >= 0.6 is 23.4 Å². The van der Waals surface area contributed by atoms with Crippen molar-refractivity contribution in [1.82, 2.24) is 0 Å². The molecule has 0 radical (unpaired) electrons. The van der Waals surface area contributed by atoms with Crippen molar-refractivity contribution >= 4 is 35.0 Å². The molecule has 2 aromatic rings. The van der Waals surface area contributed by atoms with Gasteiger partial charge in [-0.05, 0) is 24.3 Å². The van der Waals surface area contributed by atoms with Crippen molar-refractivity contribution in [1.29, 1.82) is 0 Å². The van der Waals surface area contributed by atoms with Crippen molar-refractivity contribution in [3.05, 3.63) is 47.5 Å². The third-order valence-electron chi connectivity index (χ3n) is 3.22. The van der Waals surface area contributed by atoms with Crippen LogP contribution in [0.4, 0.5) is 5.69 Å². The number of hydrogen-bond acceptors (Lipinski definition) is 5. The van der Waals surface area contributed by atoms with E-state index in [0.717, 1.165) is 0 Å². The van der Waals surface area contributed by atoms with Gasteiger partial charge in [-0.1, -0.05) is 23.7 Å². The molecule has 0 unspecified atom stereocenters. The molecule has 134 valence electrons. The molecule has 0 atom stereocenters. The monoisotopic (exact) mass is 381 g/mol. The molecule has 0 spiro atoms. The zero-order chi connectivity index (χ0) is 18.1. The average Bonchev–Trinajstić information content (AvgIpc) is 2.62. The van der Waals surface area contributed by atoms with E-state index in [4.69, 9.17) is 25.8 Å². The Morgan fingerprint density at radius 3 is 2.56 bits per heavy atom. The van der Waals surface area contributed by atoms with Crippen LogP contribution in [0.25, 0.3) is 0 Å². The Morgan fingerprint density at radius 2 is 1.84 bits per heavy atom. The number of para-hydroxylation sites is 1. The number of carbonyl (C=O) groups excluding carboxylic acids is 1. The fraction of sp³-hybridized carbons (Fsp3) is 0.278. The number of amides is 1. The lowest BCUT2D eigenvalue weighted by Gasteiger charge is -2.11. The molecule has 0 heterocycles. The summed E-state index contributed by atoms with van der Waals surface area (Å²) in [6.07, 6.45) is 0. The molecule has 7 heteroatoms. The van der Waals surface area contributed by atoms with Gasteiger partial charge in [0, 0.05) is 17.5 Å². The predicted molar refractivity (Wildman–Crippen MR) is 102 cm³/mol. The number of thioether (sulfide) groups is 1. The van der Waals surface area contributed by atoms with Crippen LogP contribution in [0.3, 0.4) is 0 Å². The fourth-order valence-electron chi connectivity index (χ4n) is 2.05. The number of rotatable bonds is 9. The summed E-state index contributed by atoms with van der Waals surface area (Å²) in [5, 5.41) is 3.41. The largest absolute Gasteiger partial charge is 0.493 e. The number of hydrogen-bond donors (Lipinski definition) is 1. The Bertz CT molecular complexity index is 711. The highest BCUT2D eigenvalue weighted by molar-refractivity contribution is 7.99. The zero-order valence-corrected chi connectivity index (χ0v) is 15.7. The van der Waals surface area contributed by atoms with E-state index in [2.05, 4.69) is 5.32 Å². The molecule has 25 heavy (non-hydrogen) atoms. The Balaban J connectivity index is 1.71. The Labute approximate surface area is 156 Å². The SMILES string of the molecule is COc1ccc(NC(=O)CSCCOc2ccccc2Cl)cc1OC. The highest BCUT2D eigenvalue weighted by atomic mass is 35.5. The first kappa shape index (κ1) is 19.3. The molecule has 0 bridgehead atoms. The lowest BCUT2D eigenvalue weighted by molar-refractivity contribution is -0.113. The third-order valence-corrected chi connectivity index (χ3v) is 4.46. The van der Waals surface area contributed by atoms with E-state index in [-0.39, 0.29) is 5.91 Å². The first-order valence-corrected chi connectivity index (χ1v) is 9.14. The fourth-order valence-corrected chi connectivity index (χ4v) is 2.84. The van der Waals surface area contributed by atoms with Gasteiger partial charge in [-0.2, -0.15) is 0 Å². The number of benzene rings is 2. The molecule has 0 aromatic heterocycles. The van der Waals surface area contributed by atoms with E-state index < -0.39 is 0 Å².